The SMILES string of the molecule is CC(C)(C)C1CC(=Cc2cccs2)c2nc3ccccc3c(C(=O)OCc3nnc(-c4ccccc4)o3)c2C1. The predicted octanol–water partition coefficient (Wildman–Crippen LogP) is 7.85. The summed E-state index contributed by atoms with van der Waals surface area (Å²) in [4.78, 5) is 20.1. The van der Waals surface area contributed by atoms with Crippen molar-refractivity contribution in [3.8, 4) is 11.5 Å². The average molecular weight is 536 g/mol. The molecule has 0 N–H and O–H groups in total. The van der Waals surface area contributed by atoms with E-state index in [9.17, 15) is 4.79 Å². The van der Waals surface area contributed by atoms with Gasteiger partial charge in [-0.3, -0.25) is 0 Å². The topological polar surface area (TPSA) is 78.1 Å². The van der Waals surface area contributed by atoms with Gasteiger partial charge in [0.05, 0.1) is 16.8 Å². The van der Waals surface area contributed by atoms with E-state index in [2.05, 4.69) is 54.6 Å². The molecule has 0 bridgehead atoms. The van der Waals surface area contributed by atoms with Crippen LogP contribution in [0.3, 0.4) is 0 Å². The zero-order valence-electron chi connectivity index (χ0n) is 22.2. The summed E-state index contributed by atoms with van der Waals surface area (Å²) in [5, 5.41) is 11.1. The van der Waals surface area contributed by atoms with E-state index in [1.165, 1.54) is 4.88 Å². The van der Waals surface area contributed by atoms with E-state index >= 15 is 0 Å². The first-order valence-corrected chi connectivity index (χ1v) is 14.0. The number of carbonyl (C=O) groups is 1. The monoisotopic (exact) mass is 535 g/mol. The van der Waals surface area contributed by atoms with E-state index in [0.717, 1.165) is 46.1 Å². The second-order valence-corrected chi connectivity index (χ2v) is 11.9. The van der Waals surface area contributed by atoms with E-state index in [0.29, 0.717) is 17.4 Å². The second kappa shape index (κ2) is 10.2. The van der Waals surface area contributed by atoms with Gasteiger partial charge < -0.3 is 9.15 Å². The molecule has 1 unspecified atom stereocenters. The highest BCUT2D eigenvalue weighted by molar-refractivity contribution is 7.10. The number of pyridine rings is 1. The van der Waals surface area contributed by atoms with Gasteiger partial charge in [-0.2, -0.15) is 0 Å². The van der Waals surface area contributed by atoms with Gasteiger partial charge in [0.15, 0.2) is 6.61 Å². The number of nitrogens with zero attached hydrogens (tertiary/aromatic N) is 3. The van der Waals surface area contributed by atoms with Crippen LogP contribution in [0.2, 0.25) is 0 Å². The van der Waals surface area contributed by atoms with Crippen LogP contribution in [0.5, 0.6) is 0 Å². The van der Waals surface area contributed by atoms with E-state index in [1.54, 1.807) is 11.3 Å². The molecule has 7 heteroatoms. The van der Waals surface area contributed by atoms with Crippen molar-refractivity contribution in [2.45, 2.75) is 40.2 Å². The number of allylic oxidation sites excluding steroid dienone is 1. The Labute approximate surface area is 231 Å². The van der Waals surface area contributed by atoms with Crippen molar-refractivity contribution in [1.82, 2.24) is 15.2 Å². The number of carbonyl (C=O) groups excluding carboxylic acids is 1. The van der Waals surface area contributed by atoms with Crippen LogP contribution in [0.1, 0.15) is 59.6 Å². The molecule has 1 atom stereocenters. The van der Waals surface area contributed by atoms with E-state index in [1.807, 2.05) is 54.6 Å². The Hall–Kier alpha value is -4.10. The number of benzene rings is 2. The Morgan fingerprint density at radius 1 is 1.03 bits per heavy atom. The van der Waals surface area contributed by atoms with Crippen molar-refractivity contribution < 1.29 is 13.9 Å². The van der Waals surface area contributed by atoms with Crippen molar-refractivity contribution in [2.24, 2.45) is 11.3 Å². The Morgan fingerprint density at radius 2 is 1.82 bits per heavy atom. The summed E-state index contributed by atoms with van der Waals surface area (Å²) in [6.07, 6.45) is 3.88. The van der Waals surface area contributed by atoms with Gasteiger partial charge in [0, 0.05) is 15.8 Å². The Kier molecular flexibility index (Phi) is 6.61. The first-order valence-electron chi connectivity index (χ1n) is 13.1. The van der Waals surface area contributed by atoms with Gasteiger partial charge in [-0.05, 0) is 71.0 Å². The number of aromatic nitrogens is 3. The number of hydrogen-bond donors (Lipinski definition) is 0. The van der Waals surface area contributed by atoms with Gasteiger partial charge in [-0.15, -0.1) is 21.5 Å². The maximum Gasteiger partial charge on any atom is 0.339 e. The van der Waals surface area contributed by atoms with Crippen molar-refractivity contribution in [3.05, 3.63) is 99.7 Å². The molecule has 0 radical (unpaired) electrons. The third-order valence-corrected chi connectivity index (χ3v) is 8.14. The first-order chi connectivity index (χ1) is 18.9. The lowest BCUT2D eigenvalue weighted by atomic mass is 9.69. The highest BCUT2D eigenvalue weighted by Crippen LogP contribution is 2.45. The van der Waals surface area contributed by atoms with Crippen molar-refractivity contribution in [2.75, 3.05) is 0 Å². The molecule has 39 heavy (non-hydrogen) atoms. The normalized spacial score (nSPS) is 16.4. The molecule has 2 aromatic carbocycles. The molecular weight excluding hydrogens is 506 g/mol. The number of thiophene rings is 1. The number of esters is 1. The molecule has 5 aromatic rings. The molecule has 6 rings (SSSR count). The third-order valence-electron chi connectivity index (χ3n) is 7.32. The van der Waals surface area contributed by atoms with Gasteiger partial charge in [0.25, 0.3) is 5.89 Å². The summed E-state index contributed by atoms with van der Waals surface area (Å²) < 4.78 is 11.6. The molecule has 0 saturated carbocycles. The molecule has 196 valence electrons. The molecule has 0 saturated heterocycles. The Morgan fingerprint density at radius 3 is 2.59 bits per heavy atom. The van der Waals surface area contributed by atoms with E-state index < -0.39 is 5.97 Å². The first kappa shape index (κ1) is 25.2. The maximum absolute atomic E-state index is 13.8. The van der Waals surface area contributed by atoms with Crippen LogP contribution in [0.15, 0.2) is 76.5 Å². The van der Waals surface area contributed by atoms with Crippen LogP contribution in [0.25, 0.3) is 34.0 Å². The summed E-state index contributed by atoms with van der Waals surface area (Å²) in [5.41, 5.74) is 5.21. The molecule has 0 fully saturated rings. The molecule has 3 aromatic heterocycles. The number of rotatable bonds is 5. The summed E-state index contributed by atoms with van der Waals surface area (Å²) >= 11 is 1.70. The van der Waals surface area contributed by atoms with Crippen molar-refractivity contribution in [3.63, 3.8) is 0 Å². The maximum atomic E-state index is 13.8. The van der Waals surface area contributed by atoms with Gasteiger partial charge >= 0.3 is 5.97 Å². The molecule has 0 spiro atoms. The van der Waals surface area contributed by atoms with Crippen LogP contribution in [0.4, 0.5) is 0 Å². The predicted molar refractivity (Wildman–Crippen MR) is 154 cm³/mol. The zero-order chi connectivity index (χ0) is 27.0. The Balaban J connectivity index is 1.39. The van der Waals surface area contributed by atoms with Gasteiger partial charge in [-0.25, -0.2) is 9.78 Å². The summed E-state index contributed by atoms with van der Waals surface area (Å²) in [7, 11) is 0. The average Bonchev–Trinajstić information content (AvgIpc) is 3.63. The van der Waals surface area contributed by atoms with Crippen molar-refractivity contribution >= 4 is 39.9 Å². The molecule has 0 aliphatic heterocycles. The molecule has 6 nitrogen and oxygen atoms in total. The summed E-state index contributed by atoms with van der Waals surface area (Å²) in [6, 6.07) is 21.5. The van der Waals surface area contributed by atoms with E-state index in [-0.39, 0.29) is 17.9 Å². The number of hydrogen-bond acceptors (Lipinski definition) is 7. The van der Waals surface area contributed by atoms with Crippen LogP contribution in [-0.2, 0) is 17.8 Å². The second-order valence-electron chi connectivity index (χ2n) is 10.9. The molecule has 1 aliphatic carbocycles. The largest absolute Gasteiger partial charge is 0.452 e. The smallest absolute Gasteiger partial charge is 0.339 e. The molecular formula is C32H29N3O3S. The number of para-hydroxylation sites is 1. The molecule has 0 amide bonds. The van der Waals surface area contributed by atoms with Crippen LogP contribution < -0.4 is 0 Å². The van der Waals surface area contributed by atoms with E-state index in [4.69, 9.17) is 14.1 Å². The van der Waals surface area contributed by atoms with Gasteiger partial charge in [0.1, 0.15) is 0 Å². The van der Waals surface area contributed by atoms with Gasteiger partial charge in [0.2, 0.25) is 5.89 Å². The fraction of sp³-hybridized carbons (Fsp3) is 0.250. The summed E-state index contributed by atoms with van der Waals surface area (Å²) in [5.74, 6) is 0.578. The lowest BCUT2D eigenvalue weighted by Gasteiger charge is -2.36. The third kappa shape index (κ3) is 5.14. The number of fused-ring (bicyclic) bond motifs is 2. The highest BCUT2D eigenvalue weighted by atomic mass is 32.1. The van der Waals surface area contributed by atoms with Crippen molar-refractivity contribution in [1.29, 1.82) is 0 Å². The summed E-state index contributed by atoms with van der Waals surface area (Å²) in [6.45, 7) is 6.68. The minimum Gasteiger partial charge on any atom is -0.452 e. The fourth-order valence-electron chi connectivity index (χ4n) is 5.12. The highest BCUT2D eigenvalue weighted by Gasteiger charge is 2.35. The van der Waals surface area contributed by atoms with Crippen LogP contribution >= 0.6 is 11.3 Å². The minimum absolute atomic E-state index is 0.0522. The molecule has 3 heterocycles. The fourth-order valence-corrected chi connectivity index (χ4v) is 5.80. The van der Waals surface area contributed by atoms with Crippen LogP contribution in [0, 0.1) is 11.3 Å². The zero-order valence-corrected chi connectivity index (χ0v) is 23.0. The quantitative estimate of drug-likeness (QED) is 0.213. The van der Waals surface area contributed by atoms with Crippen LogP contribution in [-0.4, -0.2) is 21.2 Å². The lowest BCUT2D eigenvalue weighted by Crippen LogP contribution is -2.28. The molecule has 1 aliphatic rings. The lowest BCUT2D eigenvalue weighted by molar-refractivity contribution is 0.0438. The number of ether oxygens (including phenoxy) is 1. The minimum atomic E-state index is -0.408. The standard InChI is InChI=1S/C32H29N3O3S/c1-32(2,3)22-16-21(17-23-12-9-15-39-23)29-25(18-22)28(24-13-7-8-14-26(24)33-29)31(36)37-19-27-34-35-30(38-27)20-10-5-4-6-11-20/h4-15,17,22H,16,18-19H2,1-3H3. The van der Waals surface area contributed by atoms with Gasteiger partial charge in [-0.1, -0.05) is 63.2 Å². The Bertz CT molecular complexity index is 1660.